The molecule has 13 heavy (non-hydrogen) atoms. The minimum Gasteiger partial charge on any atom is -0.481 e. The van der Waals surface area contributed by atoms with Crippen LogP contribution in [-0.4, -0.2) is 22.3 Å². The Bertz CT molecular complexity index is 351. The molecular formula is C8H6ClNO3. The summed E-state index contributed by atoms with van der Waals surface area (Å²) in [5.74, 6) is -1.01. The standard InChI is InChI=1S/C8H6ClNO3/c9-7-2-5(4-11)1-6(10-7)3-8(12)13/h1-2,4H,3H2,(H,12,13). The number of nitrogens with zero attached hydrogens (tertiary/aromatic N) is 1. The first-order valence-corrected chi connectivity index (χ1v) is 3.83. The summed E-state index contributed by atoms with van der Waals surface area (Å²) in [4.78, 5) is 24.4. The fourth-order valence-corrected chi connectivity index (χ4v) is 1.12. The summed E-state index contributed by atoms with van der Waals surface area (Å²) >= 11 is 5.55. The Balaban J connectivity index is 3.01. The van der Waals surface area contributed by atoms with Gasteiger partial charge in [0.2, 0.25) is 0 Å². The highest BCUT2D eigenvalue weighted by Crippen LogP contribution is 2.09. The summed E-state index contributed by atoms with van der Waals surface area (Å²) in [6.07, 6.45) is 0.361. The van der Waals surface area contributed by atoms with E-state index in [4.69, 9.17) is 16.7 Å². The van der Waals surface area contributed by atoms with Crippen molar-refractivity contribution in [3.8, 4) is 0 Å². The number of rotatable bonds is 3. The number of halogens is 1. The molecule has 0 aromatic carbocycles. The van der Waals surface area contributed by atoms with Gasteiger partial charge in [0, 0.05) is 5.56 Å². The maximum absolute atomic E-state index is 10.4. The fraction of sp³-hybridized carbons (Fsp3) is 0.125. The summed E-state index contributed by atoms with van der Waals surface area (Å²) in [5.41, 5.74) is 0.610. The van der Waals surface area contributed by atoms with Gasteiger partial charge < -0.3 is 5.11 Å². The van der Waals surface area contributed by atoms with Crippen LogP contribution >= 0.6 is 11.6 Å². The Morgan fingerprint density at radius 1 is 1.62 bits per heavy atom. The van der Waals surface area contributed by atoms with E-state index < -0.39 is 5.97 Å². The van der Waals surface area contributed by atoms with Crippen LogP contribution in [0.25, 0.3) is 0 Å². The molecule has 1 aromatic heterocycles. The fourth-order valence-electron chi connectivity index (χ4n) is 0.887. The predicted octanol–water partition coefficient (Wildman–Crippen LogP) is 1.17. The highest BCUT2D eigenvalue weighted by atomic mass is 35.5. The van der Waals surface area contributed by atoms with Gasteiger partial charge in [0.25, 0.3) is 0 Å². The summed E-state index contributed by atoms with van der Waals surface area (Å²) in [6, 6.07) is 2.77. The molecule has 0 bridgehead atoms. The van der Waals surface area contributed by atoms with Crippen molar-refractivity contribution in [2.24, 2.45) is 0 Å². The average Bonchev–Trinajstić information content (AvgIpc) is 2.01. The molecule has 0 radical (unpaired) electrons. The average molecular weight is 200 g/mol. The summed E-state index contributed by atoms with van der Waals surface area (Å²) in [6.45, 7) is 0. The van der Waals surface area contributed by atoms with E-state index in [9.17, 15) is 9.59 Å². The smallest absolute Gasteiger partial charge is 0.309 e. The summed E-state index contributed by atoms with van der Waals surface area (Å²) < 4.78 is 0. The van der Waals surface area contributed by atoms with Crippen LogP contribution in [0.15, 0.2) is 12.1 Å². The van der Waals surface area contributed by atoms with Gasteiger partial charge in [-0.25, -0.2) is 4.98 Å². The second-order valence-electron chi connectivity index (χ2n) is 2.40. The topological polar surface area (TPSA) is 67.3 Å². The molecule has 5 heteroatoms. The van der Waals surface area contributed by atoms with E-state index in [0.29, 0.717) is 11.8 Å². The molecule has 0 atom stereocenters. The third kappa shape index (κ3) is 2.83. The second kappa shape index (κ2) is 4.00. The van der Waals surface area contributed by atoms with E-state index in [0.717, 1.165) is 0 Å². The maximum atomic E-state index is 10.4. The lowest BCUT2D eigenvalue weighted by atomic mass is 10.2. The zero-order chi connectivity index (χ0) is 9.84. The number of hydrogen-bond acceptors (Lipinski definition) is 3. The molecule has 1 aromatic rings. The number of carbonyl (C=O) groups excluding carboxylic acids is 1. The summed E-state index contributed by atoms with van der Waals surface area (Å²) in [7, 11) is 0. The van der Waals surface area contributed by atoms with Crippen LogP contribution in [0.3, 0.4) is 0 Å². The molecule has 0 aliphatic carbocycles. The normalized spacial score (nSPS) is 9.62. The third-order valence-electron chi connectivity index (χ3n) is 1.34. The highest BCUT2D eigenvalue weighted by Gasteiger charge is 2.04. The molecule has 0 spiro atoms. The molecule has 0 aliphatic rings. The first-order chi connectivity index (χ1) is 6.11. The number of carbonyl (C=O) groups is 2. The van der Waals surface area contributed by atoms with Gasteiger partial charge in [0.05, 0.1) is 12.1 Å². The zero-order valence-electron chi connectivity index (χ0n) is 6.53. The van der Waals surface area contributed by atoms with Gasteiger partial charge in [-0.1, -0.05) is 11.6 Å². The predicted molar refractivity (Wildman–Crippen MR) is 46.0 cm³/mol. The van der Waals surface area contributed by atoms with E-state index in [1.807, 2.05) is 0 Å². The number of pyridine rings is 1. The van der Waals surface area contributed by atoms with Crippen molar-refractivity contribution in [3.05, 3.63) is 28.5 Å². The molecule has 0 aliphatic heterocycles. The number of hydrogen-bond donors (Lipinski definition) is 1. The van der Waals surface area contributed by atoms with Crippen molar-refractivity contribution in [1.29, 1.82) is 0 Å². The van der Waals surface area contributed by atoms with Crippen molar-refractivity contribution < 1.29 is 14.7 Å². The lowest BCUT2D eigenvalue weighted by Crippen LogP contribution is -2.03. The van der Waals surface area contributed by atoms with E-state index in [-0.39, 0.29) is 17.3 Å². The van der Waals surface area contributed by atoms with Crippen LogP contribution in [-0.2, 0) is 11.2 Å². The van der Waals surface area contributed by atoms with Crippen molar-refractivity contribution >= 4 is 23.9 Å². The minimum atomic E-state index is -1.01. The molecule has 4 nitrogen and oxygen atoms in total. The Labute approximate surface area is 79.2 Å². The number of aliphatic carboxylic acids is 1. The largest absolute Gasteiger partial charge is 0.481 e. The van der Waals surface area contributed by atoms with E-state index in [1.54, 1.807) is 0 Å². The molecule has 0 unspecified atom stereocenters. The second-order valence-corrected chi connectivity index (χ2v) is 2.79. The maximum Gasteiger partial charge on any atom is 0.309 e. The van der Waals surface area contributed by atoms with Crippen LogP contribution < -0.4 is 0 Å². The SMILES string of the molecule is O=Cc1cc(Cl)nc(CC(=O)O)c1. The minimum absolute atomic E-state index is 0.126. The van der Waals surface area contributed by atoms with Crippen LogP contribution in [0.1, 0.15) is 16.1 Å². The molecule has 1 rings (SSSR count). The quantitative estimate of drug-likeness (QED) is 0.586. The molecule has 1 heterocycles. The molecule has 0 saturated heterocycles. The molecule has 68 valence electrons. The van der Waals surface area contributed by atoms with E-state index in [2.05, 4.69) is 4.98 Å². The Hall–Kier alpha value is -1.42. The lowest BCUT2D eigenvalue weighted by Gasteiger charge is -1.98. The van der Waals surface area contributed by atoms with Gasteiger partial charge in [0.15, 0.2) is 0 Å². The van der Waals surface area contributed by atoms with Gasteiger partial charge in [-0.15, -0.1) is 0 Å². The number of aromatic nitrogens is 1. The number of carboxylic acid groups (broad SMARTS) is 1. The number of aldehydes is 1. The van der Waals surface area contributed by atoms with Crippen LogP contribution in [0.4, 0.5) is 0 Å². The van der Waals surface area contributed by atoms with Gasteiger partial charge in [-0.2, -0.15) is 0 Å². The van der Waals surface area contributed by atoms with Crippen LogP contribution in [0.2, 0.25) is 5.15 Å². The van der Waals surface area contributed by atoms with Gasteiger partial charge in [-0.05, 0) is 12.1 Å². The van der Waals surface area contributed by atoms with E-state index >= 15 is 0 Å². The lowest BCUT2D eigenvalue weighted by molar-refractivity contribution is -0.136. The molecular weight excluding hydrogens is 194 g/mol. The Morgan fingerprint density at radius 3 is 2.85 bits per heavy atom. The molecule has 0 saturated carbocycles. The molecule has 1 N–H and O–H groups in total. The molecule has 0 fully saturated rings. The Kier molecular flexibility index (Phi) is 2.97. The monoisotopic (exact) mass is 199 g/mol. The first-order valence-electron chi connectivity index (χ1n) is 3.45. The first kappa shape index (κ1) is 9.67. The van der Waals surface area contributed by atoms with Crippen LogP contribution in [0.5, 0.6) is 0 Å². The Morgan fingerprint density at radius 2 is 2.31 bits per heavy atom. The zero-order valence-corrected chi connectivity index (χ0v) is 7.28. The van der Waals surface area contributed by atoms with Crippen LogP contribution in [0, 0.1) is 0 Å². The highest BCUT2D eigenvalue weighted by molar-refractivity contribution is 6.29. The number of carboxylic acids is 1. The summed E-state index contributed by atoms with van der Waals surface area (Å²) in [5, 5.41) is 8.58. The van der Waals surface area contributed by atoms with E-state index in [1.165, 1.54) is 12.1 Å². The van der Waals surface area contributed by atoms with Gasteiger partial charge >= 0.3 is 5.97 Å². The van der Waals surface area contributed by atoms with Crippen molar-refractivity contribution in [2.75, 3.05) is 0 Å². The van der Waals surface area contributed by atoms with Crippen molar-refractivity contribution in [2.45, 2.75) is 6.42 Å². The van der Waals surface area contributed by atoms with Gasteiger partial charge in [-0.3, -0.25) is 9.59 Å². The van der Waals surface area contributed by atoms with Crippen molar-refractivity contribution in [1.82, 2.24) is 4.98 Å². The van der Waals surface area contributed by atoms with Gasteiger partial charge in [0.1, 0.15) is 11.4 Å². The molecule has 0 amide bonds. The van der Waals surface area contributed by atoms with Crippen molar-refractivity contribution in [3.63, 3.8) is 0 Å². The third-order valence-corrected chi connectivity index (χ3v) is 1.53.